The van der Waals surface area contributed by atoms with E-state index in [4.69, 9.17) is 0 Å². The molecule has 0 aromatic rings. The Kier molecular flexibility index (Phi) is 4.36. The molecular formula is C12H24N4O. The number of hydrogen-bond donors (Lipinski definition) is 1. The van der Waals surface area contributed by atoms with Crippen LogP contribution in [0.4, 0.5) is 0 Å². The highest BCUT2D eigenvalue weighted by Gasteiger charge is 2.30. The van der Waals surface area contributed by atoms with Crippen LogP contribution in [0.25, 0.3) is 0 Å². The van der Waals surface area contributed by atoms with Gasteiger partial charge in [0.1, 0.15) is 0 Å². The Labute approximate surface area is 104 Å². The Morgan fingerprint density at radius 3 is 2.65 bits per heavy atom. The van der Waals surface area contributed by atoms with Gasteiger partial charge in [0.05, 0.1) is 6.54 Å². The van der Waals surface area contributed by atoms with Crippen LogP contribution in [0.1, 0.15) is 6.42 Å². The zero-order chi connectivity index (χ0) is 12.3. The lowest BCUT2D eigenvalue weighted by Gasteiger charge is -2.32. The lowest BCUT2D eigenvalue weighted by Crippen LogP contribution is -2.49. The van der Waals surface area contributed by atoms with Crippen molar-refractivity contribution >= 4 is 5.91 Å². The van der Waals surface area contributed by atoms with Crippen LogP contribution in [0.5, 0.6) is 0 Å². The van der Waals surface area contributed by atoms with E-state index in [2.05, 4.69) is 10.2 Å². The van der Waals surface area contributed by atoms with Gasteiger partial charge in [0, 0.05) is 45.3 Å². The summed E-state index contributed by atoms with van der Waals surface area (Å²) in [5.41, 5.74) is 0. The van der Waals surface area contributed by atoms with Crippen molar-refractivity contribution in [2.75, 3.05) is 59.9 Å². The Bertz CT molecular complexity index is 263. The van der Waals surface area contributed by atoms with Crippen LogP contribution in [-0.4, -0.2) is 86.6 Å². The van der Waals surface area contributed by atoms with Crippen molar-refractivity contribution in [2.24, 2.45) is 0 Å². The maximum Gasteiger partial charge on any atom is 0.236 e. The van der Waals surface area contributed by atoms with Gasteiger partial charge in [-0.1, -0.05) is 0 Å². The molecule has 2 aliphatic heterocycles. The Balaban J connectivity index is 1.80. The normalized spacial score (nSPS) is 26.8. The van der Waals surface area contributed by atoms with Gasteiger partial charge >= 0.3 is 0 Å². The van der Waals surface area contributed by atoms with Crippen LogP contribution in [0.15, 0.2) is 0 Å². The molecule has 0 aromatic carbocycles. The zero-order valence-corrected chi connectivity index (χ0v) is 11.0. The SMILES string of the molecule is CN(C)CC(=O)N1CCC(N2CCNCC2)C1. The minimum Gasteiger partial charge on any atom is -0.340 e. The van der Waals surface area contributed by atoms with Crippen molar-refractivity contribution in [1.29, 1.82) is 0 Å². The summed E-state index contributed by atoms with van der Waals surface area (Å²) in [5.74, 6) is 0.271. The summed E-state index contributed by atoms with van der Waals surface area (Å²) in [7, 11) is 3.89. The molecule has 0 aliphatic carbocycles. The largest absolute Gasteiger partial charge is 0.340 e. The molecule has 98 valence electrons. The van der Waals surface area contributed by atoms with E-state index in [1.807, 2.05) is 23.9 Å². The second-order valence-electron chi connectivity index (χ2n) is 5.31. The number of nitrogens with one attached hydrogen (secondary N) is 1. The van der Waals surface area contributed by atoms with Crippen LogP contribution in [0.3, 0.4) is 0 Å². The number of amides is 1. The van der Waals surface area contributed by atoms with Crippen LogP contribution >= 0.6 is 0 Å². The summed E-state index contributed by atoms with van der Waals surface area (Å²) in [5, 5.41) is 3.37. The number of likely N-dealkylation sites (tertiary alicyclic amines) is 1. The van der Waals surface area contributed by atoms with Gasteiger partial charge < -0.3 is 15.1 Å². The summed E-state index contributed by atoms with van der Waals surface area (Å²) in [6.45, 7) is 6.81. The lowest BCUT2D eigenvalue weighted by molar-refractivity contribution is -0.130. The van der Waals surface area contributed by atoms with Gasteiger partial charge in [-0.25, -0.2) is 0 Å². The second kappa shape index (κ2) is 5.80. The van der Waals surface area contributed by atoms with E-state index in [0.717, 1.165) is 45.7 Å². The number of likely N-dealkylation sites (N-methyl/N-ethyl adjacent to an activating group) is 1. The number of carbonyl (C=O) groups is 1. The van der Waals surface area contributed by atoms with Crippen molar-refractivity contribution in [2.45, 2.75) is 12.5 Å². The third-order valence-electron chi connectivity index (χ3n) is 3.64. The van der Waals surface area contributed by atoms with Crippen molar-refractivity contribution in [3.05, 3.63) is 0 Å². The first-order chi connectivity index (χ1) is 8.16. The Hall–Kier alpha value is -0.650. The van der Waals surface area contributed by atoms with E-state index in [0.29, 0.717) is 12.6 Å². The third kappa shape index (κ3) is 3.40. The first kappa shape index (κ1) is 12.8. The fraction of sp³-hybridized carbons (Fsp3) is 0.917. The topological polar surface area (TPSA) is 38.8 Å². The molecule has 2 fully saturated rings. The number of hydrogen-bond acceptors (Lipinski definition) is 4. The summed E-state index contributed by atoms with van der Waals surface area (Å²) in [6, 6.07) is 0.586. The fourth-order valence-electron chi connectivity index (χ4n) is 2.68. The zero-order valence-electron chi connectivity index (χ0n) is 11.0. The standard InChI is InChI=1S/C12H24N4O/c1-14(2)10-12(17)16-6-3-11(9-16)15-7-4-13-5-8-15/h11,13H,3-10H2,1-2H3. The molecule has 0 saturated carbocycles. The average molecular weight is 240 g/mol. The quantitative estimate of drug-likeness (QED) is 0.691. The second-order valence-corrected chi connectivity index (χ2v) is 5.31. The van der Waals surface area contributed by atoms with Crippen LogP contribution in [0.2, 0.25) is 0 Å². The van der Waals surface area contributed by atoms with Crippen LogP contribution < -0.4 is 5.32 Å². The molecule has 5 heteroatoms. The number of piperazine rings is 1. The number of nitrogens with zero attached hydrogens (tertiary/aromatic N) is 3. The van der Waals surface area contributed by atoms with Crippen molar-refractivity contribution < 1.29 is 4.79 Å². The molecule has 1 amide bonds. The van der Waals surface area contributed by atoms with Crippen molar-refractivity contribution in [1.82, 2.24) is 20.0 Å². The van der Waals surface area contributed by atoms with Gasteiger partial charge in [-0.3, -0.25) is 9.69 Å². The average Bonchev–Trinajstić information content (AvgIpc) is 2.78. The monoisotopic (exact) mass is 240 g/mol. The molecule has 0 bridgehead atoms. The minimum atomic E-state index is 0.271. The predicted octanol–water partition coefficient (Wildman–Crippen LogP) is -0.946. The summed E-state index contributed by atoms with van der Waals surface area (Å²) < 4.78 is 0. The molecule has 2 rings (SSSR count). The highest BCUT2D eigenvalue weighted by molar-refractivity contribution is 5.78. The highest BCUT2D eigenvalue weighted by Crippen LogP contribution is 2.16. The van der Waals surface area contributed by atoms with Gasteiger partial charge in [-0.15, -0.1) is 0 Å². The predicted molar refractivity (Wildman–Crippen MR) is 68.0 cm³/mol. The molecule has 0 radical (unpaired) electrons. The van der Waals surface area contributed by atoms with Gasteiger partial charge in [0.2, 0.25) is 5.91 Å². The minimum absolute atomic E-state index is 0.271. The Morgan fingerprint density at radius 1 is 1.29 bits per heavy atom. The van der Waals surface area contributed by atoms with Gasteiger partial charge in [-0.05, 0) is 20.5 Å². The molecule has 0 spiro atoms. The molecule has 17 heavy (non-hydrogen) atoms. The van der Waals surface area contributed by atoms with Gasteiger partial charge in [0.15, 0.2) is 0 Å². The maximum absolute atomic E-state index is 11.9. The first-order valence-corrected chi connectivity index (χ1v) is 6.54. The molecule has 2 saturated heterocycles. The molecule has 1 unspecified atom stereocenters. The molecule has 2 aliphatic rings. The van der Waals surface area contributed by atoms with E-state index in [-0.39, 0.29) is 5.91 Å². The first-order valence-electron chi connectivity index (χ1n) is 6.54. The van der Waals surface area contributed by atoms with Gasteiger partial charge in [0.25, 0.3) is 0 Å². The van der Waals surface area contributed by atoms with Crippen LogP contribution in [-0.2, 0) is 4.79 Å². The van der Waals surface area contributed by atoms with E-state index in [1.54, 1.807) is 0 Å². The maximum atomic E-state index is 11.9. The van der Waals surface area contributed by atoms with Crippen LogP contribution in [0, 0.1) is 0 Å². The molecule has 2 heterocycles. The third-order valence-corrected chi connectivity index (χ3v) is 3.64. The fourth-order valence-corrected chi connectivity index (χ4v) is 2.68. The summed E-state index contributed by atoms with van der Waals surface area (Å²) >= 11 is 0. The van der Waals surface area contributed by atoms with Crippen molar-refractivity contribution in [3.63, 3.8) is 0 Å². The lowest BCUT2D eigenvalue weighted by atomic mass is 10.2. The van der Waals surface area contributed by atoms with Crippen molar-refractivity contribution in [3.8, 4) is 0 Å². The smallest absolute Gasteiger partial charge is 0.236 e. The highest BCUT2D eigenvalue weighted by atomic mass is 16.2. The molecule has 0 aromatic heterocycles. The number of carbonyl (C=O) groups excluding carboxylic acids is 1. The molecule has 1 atom stereocenters. The molecular weight excluding hydrogens is 216 g/mol. The summed E-state index contributed by atoms with van der Waals surface area (Å²) in [6.07, 6.45) is 1.14. The molecule has 5 nitrogen and oxygen atoms in total. The van der Waals surface area contributed by atoms with Gasteiger partial charge in [-0.2, -0.15) is 0 Å². The van der Waals surface area contributed by atoms with E-state index < -0.39 is 0 Å². The molecule has 1 N–H and O–H groups in total. The Morgan fingerprint density at radius 2 is 2.00 bits per heavy atom. The van der Waals surface area contributed by atoms with E-state index in [1.165, 1.54) is 0 Å². The van der Waals surface area contributed by atoms with E-state index in [9.17, 15) is 4.79 Å². The summed E-state index contributed by atoms with van der Waals surface area (Å²) in [4.78, 5) is 18.4. The number of rotatable bonds is 3. The van der Waals surface area contributed by atoms with E-state index >= 15 is 0 Å².